The molecule has 0 atom stereocenters. The van der Waals surface area contributed by atoms with Gasteiger partial charge in [0.2, 0.25) is 0 Å². The van der Waals surface area contributed by atoms with E-state index in [0.717, 1.165) is 27.6 Å². The SMILES string of the molecule is Cc1cc2ccc(Cl)c(C(F)(F)F)c2s1.FC(F)(F)c1c(Cl)ccc2ccsc12.O.O=C=O.O=C=O.[Li+].[OH-]. The standard InChI is InChI=1S/C10H6ClF3S.C9H4ClF3S.2CO2.Li.2H2O/c1-5-4-6-2-3-7(11)8(9(6)15-5)10(12,13)14;10-6-2-1-5-3-4-14-8(5)7(6)9(11,12)13;2*2-1-3;;;/h2-4H,1H3;1-4H;;;;2*1H2/q;;;;+1;;/p-1. The van der Waals surface area contributed by atoms with Gasteiger partial charge in [0.15, 0.2) is 0 Å². The molecule has 6 nitrogen and oxygen atoms in total. The van der Waals surface area contributed by atoms with Crippen molar-refractivity contribution in [3.63, 3.8) is 0 Å². The summed E-state index contributed by atoms with van der Waals surface area (Å²) in [6.45, 7) is 1.78. The van der Waals surface area contributed by atoms with Crippen LogP contribution in [0.4, 0.5) is 26.3 Å². The van der Waals surface area contributed by atoms with Gasteiger partial charge in [0.25, 0.3) is 0 Å². The number of alkyl halides is 6. The van der Waals surface area contributed by atoms with Gasteiger partial charge in [0.1, 0.15) is 0 Å². The monoisotopic (exact) mass is 616 g/mol. The minimum atomic E-state index is -4.39. The van der Waals surface area contributed by atoms with E-state index in [1.807, 2.05) is 0 Å². The molecular formula is C21H13Cl2F6LiO6S2. The van der Waals surface area contributed by atoms with Crippen molar-refractivity contribution in [3.05, 3.63) is 67.8 Å². The molecule has 2 heterocycles. The van der Waals surface area contributed by atoms with Crippen LogP contribution in [0.25, 0.3) is 20.2 Å². The van der Waals surface area contributed by atoms with Crippen LogP contribution in [-0.4, -0.2) is 23.3 Å². The van der Waals surface area contributed by atoms with E-state index in [2.05, 4.69) is 0 Å². The number of benzene rings is 2. The summed E-state index contributed by atoms with van der Waals surface area (Å²) in [6.07, 6.45) is -8.28. The Labute approximate surface area is 239 Å². The van der Waals surface area contributed by atoms with Gasteiger partial charge in [-0.1, -0.05) is 35.3 Å². The number of hydrogen-bond acceptors (Lipinski definition) is 7. The topological polar surface area (TPSA) is 130 Å². The van der Waals surface area contributed by atoms with Crippen molar-refractivity contribution in [3.8, 4) is 0 Å². The van der Waals surface area contributed by atoms with E-state index < -0.39 is 23.5 Å². The summed E-state index contributed by atoms with van der Waals surface area (Å²) in [4.78, 5) is 33.3. The number of halogens is 8. The van der Waals surface area contributed by atoms with Gasteiger partial charge in [-0.25, -0.2) is 0 Å². The van der Waals surface area contributed by atoms with Crippen molar-refractivity contribution < 1.29 is 75.3 Å². The Hall–Kier alpha value is -2.20. The Bertz CT molecular complexity index is 1360. The Morgan fingerprint density at radius 3 is 1.55 bits per heavy atom. The van der Waals surface area contributed by atoms with E-state index in [0.29, 0.717) is 10.8 Å². The van der Waals surface area contributed by atoms with Gasteiger partial charge in [-0.05, 0) is 47.3 Å². The normalized spacial score (nSPS) is 9.82. The molecule has 0 saturated heterocycles. The summed E-state index contributed by atoms with van der Waals surface area (Å²) in [5.41, 5.74) is -1.45. The maximum Gasteiger partial charge on any atom is 1.00 e. The van der Waals surface area contributed by atoms with Crippen LogP contribution < -0.4 is 18.9 Å². The van der Waals surface area contributed by atoms with E-state index in [1.54, 1.807) is 36.6 Å². The first-order valence-electron chi connectivity index (χ1n) is 8.70. The largest absolute Gasteiger partial charge is 1.00 e. The number of aryl methyl sites for hydroxylation is 1. The molecule has 38 heavy (non-hydrogen) atoms. The van der Waals surface area contributed by atoms with Crippen molar-refractivity contribution in [2.75, 3.05) is 0 Å². The third-order valence-electron chi connectivity index (χ3n) is 3.90. The zero-order chi connectivity index (χ0) is 27.0. The molecule has 0 unspecified atom stereocenters. The quantitative estimate of drug-likeness (QED) is 0.215. The van der Waals surface area contributed by atoms with Crippen molar-refractivity contribution in [1.82, 2.24) is 0 Å². The van der Waals surface area contributed by atoms with Crippen molar-refractivity contribution in [1.29, 1.82) is 0 Å². The fraction of sp³-hybridized carbons (Fsp3) is 0.143. The fourth-order valence-corrected chi connectivity index (χ4v) is 5.43. The summed E-state index contributed by atoms with van der Waals surface area (Å²) in [5.74, 6) is 0. The molecular weight excluding hydrogens is 604 g/mol. The number of hydrogen-bond donors (Lipinski definition) is 0. The molecule has 0 bridgehead atoms. The van der Waals surface area contributed by atoms with Gasteiger partial charge in [-0.2, -0.15) is 45.5 Å². The molecule has 2 aromatic heterocycles. The third kappa shape index (κ3) is 10.9. The van der Waals surface area contributed by atoms with Crippen molar-refractivity contribution in [2.45, 2.75) is 19.3 Å². The first-order chi connectivity index (χ1) is 16.2. The van der Waals surface area contributed by atoms with Crippen LogP contribution in [0.3, 0.4) is 0 Å². The summed E-state index contributed by atoms with van der Waals surface area (Å²) < 4.78 is 76.3. The average molecular weight is 617 g/mol. The van der Waals surface area contributed by atoms with Gasteiger partial charge >= 0.3 is 43.5 Å². The molecule has 4 rings (SSSR count). The molecule has 4 aromatic rings. The fourth-order valence-electron chi connectivity index (χ4n) is 2.74. The predicted molar refractivity (Wildman–Crippen MR) is 124 cm³/mol. The van der Waals surface area contributed by atoms with Crippen molar-refractivity contribution >= 4 is 78.4 Å². The second kappa shape index (κ2) is 17.4. The summed E-state index contributed by atoms with van der Waals surface area (Å²) in [7, 11) is 0. The van der Waals surface area contributed by atoms with Gasteiger partial charge < -0.3 is 11.0 Å². The first kappa shape index (κ1) is 40.3. The molecule has 0 saturated carbocycles. The molecule has 0 spiro atoms. The number of thiophene rings is 2. The Balaban J connectivity index is -0.000000502. The minimum Gasteiger partial charge on any atom is -0.870 e. The maximum atomic E-state index is 12.7. The van der Waals surface area contributed by atoms with E-state index in [9.17, 15) is 26.3 Å². The number of carbonyl (C=O) groups excluding carboxylic acids is 4. The van der Waals surface area contributed by atoms with Crippen LogP contribution in [0.1, 0.15) is 16.0 Å². The molecule has 0 aliphatic heterocycles. The second-order valence-electron chi connectivity index (χ2n) is 6.12. The third-order valence-corrected chi connectivity index (χ3v) is 6.56. The van der Waals surface area contributed by atoms with Crippen LogP contribution in [0.15, 0.2) is 41.8 Å². The molecule has 0 aliphatic carbocycles. The smallest absolute Gasteiger partial charge is 0.870 e. The Morgan fingerprint density at radius 2 is 1.13 bits per heavy atom. The molecule has 3 N–H and O–H groups in total. The summed E-state index contributed by atoms with van der Waals surface area (Å²) in [5, 5.41) is 2.31. The van der Waals surface area contributed by atoms with E-state index in [4.69, 9.17) is 42.4 Å². The summed E-state index contributed by atoms with van der Waals surface area (Å²) in [6, 6.07) is 9.13. The minimum absolute atomic E-state index is 0. The van der Waals surface area contributed by atoms with Crippen LogP contribution in [0.2, 0.25) is 10.0 Å². The van der Waals surface area contributed by atoms with Gasteiger partial charge in [-0.3, -0.25) is 0 Å². The van der Waals surface area contributed by atoms with Gasteiger partial charge in [-0.15, -0.1) is 22.7 Å². The average Bonchev–Trinajstić information content (AvgIpc) is 3.32. The van der Waals surface area contributed by atoms with E-state index in [-0.39, 0.29) is 61.6 Å². The van der Waals surface area contributed by atoms with Crippen LogP contribution >= 0.6 is 45.9 Å². The predicted octanol–water partition coefficient (Wildman–Crippen LogP) is 4.29. The summed E-state index contributed by atoms with van der Waals surface area (Å²) >= 11 is 13.3. The number of rotatable bonds is 0. The molecule has 2 aromatic carbocycles. The molecule has 0 fully saturated rings. The second-order valence-corrected chi connectivity index (χ2v) is 9.11. The van der Waals surface area contributed by atoms with Crippen LogP contribution in [0, 0.1) is 6.92 Å². The molecule has 0 amide bonds. The molecule has 0 radical (unpaired) electrons. The van der Waals surface area contributed by atoms with Gasteiger partial charge in [0.05, 0.1) is 21.2 Å². The van der Waals surface area contributed by atoms with Crippen molar-refractivity contribution in [2.24, 2.45) is 0 Å². The number of fused-ring (bicyclic) bond motifs is 2. The van der Waals surface area contributed by atoms with E-state index in [1.165, 1.54) is 12.1 Å². The zero-order valence-electron chi connectivity index (χ0n) is 19.0. The Morgan fingerprint density at radius 1 is 0.737 bits per heavy atom. The molecule has 202 valence electrons. The maximum absolute atomic E-state index is 12.7. The van der Waals surface area contributed by atoms with Crippen LogP contribution in [0.5, 0.6) is 0 Å². The Kier molecular flexibility index (Phi) is 18.4. The van der Waals surface area contributed by atoms with Crippen LogP contribution in [-0.2, 0) is 31.5 Å². The van der Waals surface area contributed by atoms with Gasteiger partial charge in [0, 0.05) is 14.3 Å². The molecule has 17 heteroatoms. The first-order valence-corrected chi connectivity index (χ1v) is 11.1. The van der Waals surface area contributed by atoms with E-state index >= 15 is 0 Å². The molecule has 0 aliphatic rings. The zero-order valence-corrected chi connectivity index (χ0v) is 22.1.